The summed E-state index contributed by atoms with van der Waals surface area (Å²) in [7, 11) is -7.65. The van der Waals surface area contributed by atoms with Gasteiger partial charge in [0.05, 0.1) is 9.92 Å². The molecule has 0 amide bonds. The van der Waals surface area contributed by atoms with Crippen molar-refractivity contribution in [3.63, 3.8) is 0 Å². The van der Waals surface area contributed by atoms with E-state index in [9.17, 15) is 21.2 Å². The lowest BCUT2D eigenvalue weighted by atomic mass is 10.3. The molecule has 0 heterocycles. The fourth-order valence-electron chi connectivity index (χ4n) is 1.56. The Labute approximate surface area is 132 Å². The zero-order chi connectivity index (χ0) is 16.5. The predicted molar refractivity (Wildman–Crippen MR) is 78.8 cm³/mol. The van der Waals surface area contributed by atoms with Crippen molar-refractivity contribution in [2.75, 3.05) is 6.26 Å². The van der Waals surface area contributed by atoms with Crippen LogP contribution in [-0.2, 0) is 20.0 Å². The monoisotopic (exact) mass is 364 g/mol. The zero-order valence-electron chi connectivity index (χ0n) is 11.2. The van der Waals surface area contributed by atoms with Crippen LogP contribution >= 0.6 is 11.6 Å². The van der Waals surface area contributed by atoms with Gasteiger partial charge >= 0.3 is 10.1 Å². The fraction of sp³-hybridized carbons (Fsp3) is 0.0769. The fourth-order valence-corrected chi connectivity index (χ4v) is 3.39. The molecule has 118 valence electrons. The summed E-state index contributed by atoms with van der Waals surface area (Å²) in [5.41, 5.74) is 0. The summed E-state index contributed by atoms with van der Waals surface area (Å²) in [6.07, 6.45) is 1.01. The summed E-state index contributed by atoms with van der Waals surface area (Å²) in [6, 6.07) is 7.50. The number of halogens is 2. The van der Waals surface area contributed by atoms with Gasteiger partial charge in [-0.1, -0.05) is 11.6 Å². The highest BCUT2D eigenvalue weighted by Crippen LogP contribution is 2.28. The minimum Gasteiger partial charge on any atom is -0.377 e. The summed E-state index contributed by atoms with van der Waals surface area (Å²) in [5.74, 6) is -0.859. The van der Waals surface area contributed by atoms with Gasteiger partial charge < -0.3 is 4.18 Å². The van der Waals surface area contributed by atoms with Gasteiger partial charge in [0.15, 0.2) is 15.6 Å². The van der Waals surface area contributed by atoms with Gasteiger partial charge in [-0.3, -0.25) is 0 Å². The third kappa shape index (κ3) is 3.76. The first-order valence-electron chi connectivity index (χ1n) is 5.79. The average Bonchev–Trinajstić information content (AvgIpc) is 2.41. The third-order valence-electron chi connectivity index (χ3n) is 2.63. The summed E-state index contributed by atoms with van der Waals surface area (Å²) in [4.78, 5) is -0.272. The molecular formula is C13H10ClFO5S2. The molecule has 0 unspecified atom stereocenters. The Hall–Kier alpha value is -1.64. The molecule has 0 aliphatic carbocycles. The average molecular weight is 365 g/mol. The van der Waals surface area contributed by atoms with E-state index in [2.05, 4.69) is 0 Å². The van der Waals surface area contributed by atoms with Crippen LogP contribution in [0.3, 0.4) is 0 Å². The van der Waals surface area contributed by atoms with E-state index in [0.29, 0.717) is 0 Å². The van der Waals surface area contributed by atoms with Gasteiger partial charge in [0, 0.05) is 6.26 Å². The van der Waals surface area contributed by atoms with Crippen LogP contribution in [0.25, 0.3) is 0 Å². The lowest BCUT2D eigenvalue weighted by molar-refractivity contribution is 0.485. The number of hydrogen-bond donors (Lipinski definition) is 0. The van der Waals surface area contributed by atoms with E-state index in [-0.39, 0.29) is 20.6 Å². The van der Waals surface area contributed by atoms with Crippen molar-refractivity contribution in [3.8, 4) is 5.75 Å². The van der Waals surface area contributed by atoms with Gasteiger partial charge in [0.2, 0.25) is 0 Å². The summed E-state index contributed by atoms with van der Waals surface area (Å²) < 4.78 is 64.5. The van der Waals surface area contributed by atoms with E-state index in [0.717, 1.165) is 48.7 Å². The largest absolute Gasteiger partial charge is 0.377 e. The maximum Gasteiger partial charge on any atom is 0.339 e. The zero-order valence-corrected chi connectivity index (χ0v) is 13.5. The van der Waals surface area contributed by atoms with Crippen LogP contribution in [0.4, 0.5) is 4.39 Å². The molecule has 0 saturated carbocycles. The number of sulfone groups is 1. The molecule has 22 heavy (non-hydrogen) atoms. The standard InChI is InChI=1S/C13H10ClFO5S2/c1-21(16,17)10-3-5-11(6-4-10)22(18,19)20-13-7-2-9(15)8-12(13)14/h2-8H,1H3. The molecule has 2 rings (SSSR count). The molecule has 0 fully saturated rings. The van der Waals surface area contributed by atoms with Crippen LogP contribution in [-0.4, -0.2) is 23.1 Å². The van der Waals surface area contributed by atoms with Crippen LogP contribution in [0.15, 0.2) is 52.3 Å². The van der Waals surface area contributed by atoms with Gasteiger partial charge in [-0.05, 0) is 42.5 Å². The van der Waals surface area contributed by atoms with Crippen molar-refractivity contribution in [2.24, 2.45) is 0 Å². The molecule has 0 atom stereocenters. The molecule has 0 saturated heterocycles. The topological polar surface area (TPSA) is 77.5 Å². The maximum atomic E-state index is 12.9. The SMILES string of the molecule is CS(=O)(=O)c1ccc(S(=O)(=O)Oc2ccc(F)cc2Cl)cc1. The van der Waals surface area contributed by atoms with Crippen LogP contribution in [0, 0.1) is 5.82 Å². The van der Waals surface area contributed by atoms with Crippen molar-refractivity contribution in [3.05, 3.63) is 53.3 Å². The molecule has 0 aliphatic heterocycles. The Bertz CT molecular complexity index is 906. The van der Waals surface area contributed by atoms with E-state index < -0.39 is 25.8 Å². The van der Waals surface area contributed by atoms with Crippen molar-refractivity contribution >= 4 is 31.6 Å². The van der Waals surface area contributed by atoms with Gasteiger partial charge in [-0.25, -0.2) is 12.8 Å². The van der Waals surface area contributed by atoms with E-state index in [1.807, 2.05) is 0 Å². The second-order valence-electron chi connectivity index (χ2n) is 4.36. The van der Waals surface area contributed by atoms with Gasteiger partial charge in [0.25, 0.3) is 0 Å². The Balaban J connectivity index is 2.34. The second-order valence-corrected chi connectivity index (χ2v) is 8.33. The molecule has 2 aromatic rings. The molecule has 5 nitrogen and oxygen atoms in total. The Morgan fingerprint density at radius 3 is 2.00 bits per heavy atom. The first-order chi connectivity index (χ1) is 10.1. The van der Waals surface area contributed by atoms with E-state index in [4.69, 9.17) is 15.8 Å². The smallest absolute Gasteiger partial charge is 0.339 e. The highest BCUT2D eigenvalue weighted by Gasteiger charge is 2.19. The molecule has 0 aromatic heterocycles. The van der Waals surface area contributed by atoms with Crippen molar-refractivity contribution in [2.45, 2.75) is 9.79 Å². The predicted octanol–water partition coefficient (Wildman–Crippen LogP) is 2.65. The first kappa shape index (κ1) is 16.7. The molecule has 0 bridgehead atoms. The molecule has 2 aromatic carbocycles. The highest BCUT2D eigenvalue weighted by atomic mass is 35.5. The second kappa shape index (κ2) is 5.86. The summed E-state index contributed by atoms with van der Waals surface area (Å²) >= 11 is 5.70. The highest BCUT2D eigenvalue weighted by molar-refractivity contribution is 7.90. The summed E-state index contributed by atoms with van der Waals surface area (Å²) in [5, 5.41) is -0.198. The number of hydrogen-bond acceptors (Lipinski definition) is 5. The minimum atomic E-state index is -4.21. The van der Waals surface area contributed by atoms with Crippen molar-refractivity contribution in [1.29, 1.82) is 0 Å². The van der Waals surface area contributed by atoms with E-state index in [1.165, 1.54) is 0 Å². The molecule has 0 aliphatic rings. The quantitative estimate of drug-likeness (QED) is 0.779. The molecule has 0 N–H and O–H groups in total. The lowest BCUT2D eigenvalue weighted by Crippen LogP contribution is -2.10. The van der Waals surface area contributed by atoms with Crippen LogP contribution in [0.2, 0.25) is 5.02 Å². The van der Waals surface area contributed by atoms with Crippen molar-refractivity contribution in [1.82, 2.24) is 0 Å². The van der Waals surface area contributed by atoms with Gasteiger partial charge in [-0.2, -0.15) is 8.42 Å². The summed E-state index contributed by atoms with van der Waals surface area (Å²) in [6.45, 7) is 0. The lowest BCUT2D eigenvalue weighted by Gasteiger charge is -2.09. The first-order valence-corrected chi connectivity index (χ1v) is 9.47. The Morgan fingerprint density at radius 2 is 1.50 bits per heavy atom. The van der Waals surface area contributed by atoms with Crippen LogP contribution in [0.1, 0.15) is 0 Å². The third-order valence-corrected chi connectivity index (χ3v) is 5.31. The number of benzene rings is 2. The molecule has 9 heteroatoms. The number of rotatable bonds is 4. The minimum absolute atomic E-state index is 0.0220. The Kier molecular flexibility index (Phi) is 4.46. The molecule has 0 radical (unpaired) electrons. The van der Waals surface area contributed by atoms with E-state index in [1.54, 1.807) is 0 Å². The molecule has 0 spiro atoms. The Morgan fingerprint density at radius 1 is 0.955 bits per heavy atom. The maximum absolute atomic E-state index is 12.9. The van der Waals surface area contributed by atoms with Crippen molar-refractivity contribution < 1.29 is 25.4 Å². The van der Waals surface area contributed by atoms with Crippen LogP contribution < -0.4 is 4.18 Å². The van der Waals surface area contributed by atoms with Crippen LogP contribution in [0.5, 0.6) is 5.75 Å². The normalized spacial score (nSPS) is 12.1. The van der Waals surface area contributed by atoms with E-state index >= 15 is 0 Å². The van der Waals surface area contributed by atoms with Gasteiger partial charge in [-0.15, -0.1) is 0 Å². The molecular weight excluding hydrogens is 355 g/mol. The van der Waals surface area contributed by atoms with Gasteiger partial charge in [0.1, 0.15) is 10.7 Å².